The Morgan fingerprint density at radius 3 is 2.67 bits per heavy atom. The first-order valence-corrected chi connectivity index (χ1v) is 7.45. The van der Waals surface area contributed by atoms with Gasteiger partial charge in [-0.2, -0.15) is 0 Å². The first-order chi connectivity index (χ1) is 8.46. The smallest absolute Gasteiger partial charge is 0.211 e. The van der Waals surface area contributed by atoms with Gasteiger partial charge < -0.3 is 5.11 Å². The number of hydrogen-bond acceptors (Lipinski definition) is 3. The number of nitrogens with one attached hydrogen (secondary N) is 1. The van der Waals surface area contributed by atoms with Crippen molar-refractivity contribution in [1.82, 2.24) is 4.72 Å². The lowest BCUT2D eigenvalue weighted by Crippen LogP contribution is -2.30. The number of halogens is 2. The van der Waals surface area contributed by atoms with Crippen LogP contribution >= 0.6 is 11.6 Å². The normalized spacial score (nSPS) is 13.5. The van der Waals surface area contributed by atoms with Gasteiger partial charge in [0.1, 0.15) is 0 Å². The number of aliphatic hydroxyl groups excluding tert-OH is 1. The van der Waals surface area contributed by atoms with Crippen molar-refractivity contribution in [3.63, 3.8) is 0 Å². The summed E-state index contributed by atoms with van der Waals surface area (Å²) in [5.74, 6) is -0.293. The minimum atomic E-state index is -3.55. The van der Waals surface area contributed by atoms with E-state index in [1.807, 2.05) is 0 Å². The number of aliphatic hydroxyl groups is 1. The molecule has 0 bridgehead atoms. The molecule has 102 valence electrons. The van der Waals surface area contributed by atoms with Crippen molar-refractivity contribution in [2.24, 2.45) is 0 Å². The lowest BCUT2D eigenvalue weighted by Gasteiger charge is -2.13. The molecular formula is C11H15ClFNO3S. The van der Waals surface area contributed by atoms with Crippen LogP contribution in [0.2, 0.25) is 5.02 Å². The van der Waals surface area contributed by atoms with Crippen molar-refractivity contribution < 1.29 is 17.9 Å². The minimum Gasteiger partial charge on any atom is -0.387 e. The van der Waals surface area contributed by atoms with Gasteiger partial charge in [0, 0.05) is 17.1 Å². The van der Waals surface area contributed by atoms with E-state index < -0.39 is 22.8 Å². The van der Waals surface area contributed by atoms with Crippen LogP contribution in [-0.2, 0) is 10.0 Å². The Hall–Kier alpha value is -0.690. The third-order valence-electron chi connectivity index (χ3n) is 2.31. The van der Waals surface area contributed by atoms with Crippen molar-refractivity contribution in [3.05, 3.63) is 34.9 Å². The zero-order valence-corrected chi connectivity index (χ0v) is 11.2. The van der Waals surface area contributed by atoms with Crippen LogP contribution in [-0.4, -0.2) is 32.5 Å². The Labute approximate surface area is 111 Å². The van der Waals surface area contributed by atoms with Gasteiger partial charge in [0.2, 0.25) is 10.0 Å². The summed E-state index contributed by atoms with van der Waals surface area (Å²) in [5.41, 5.74) is 0.451. The summed E-state index contributed by atoms with van der Waals surface area (Å²) in [5, 5.41) is 10.2. The van der Waals surface area contributed by atoms with Crippen LogP contribution in [0.5, 0.6) is 0 Å². The summed E-state index contributed by atoms with van der Waals surface area (Å²) < 4.78 is 36.9. The fourth-order valence-electron chi connectivity index (χ4n) is 1.38. The monoisotopic (exact) mass is 295 g/mol. The van der Waals surface area contributed by atoms with Crippen molar-refractivity contribution in [3.8, 4) is 0 Å². The summed E-state index contributed by atoms with van der Waals surface area (Å²) in [6.07, 6.45) is -1.09. The molecule has 4 nitrogen and oxygen atoms in total. The SMILES string of the molecule is O=S(=O)(CCCF)NCC(O)c1ccccc1Cl. The zero-order valence-electron chi connectivity index (χ0n) is 9.64. The van der Waals surface area contributed by atoms with E-state index in [0.29, 0.717) is 10.6 Å². The highest BCUT2D eigenvalue weighted by Crippen LogP contribution is 2.21. The Morgan fingerprint density at radius 2 is 2.06 bits per heavy atom. The van der Waals surface area contributed by atoms with E-state index in [2.05, 4.69) is 4.72 Å². The largest absolute Gasteiger partial charge is 0.387 e. The average Bonchev–Trinajstić information content (AvgIpc) is 2.34. The van der Waals surface area contributed by atoms with E-state index in [-0.39, 0.29) is 18.7 Å². The van der Waals surface area contributed by atoms with Gasteiger partial charge in [-0.3, -0.25) is 4.39 Å². The van der Waals surface area contributed by atoms with Gasteiger partial charge in [-0.25, -0.2) is 13.1 Å². The molecule has 0 fully saturated rings. The summed E-state index contributed by atoms with van der Waals surface area (Å²) in [6.45, 7) is -0.869. The van der Waals surface area contributed by atoms with Crippen LogP contribution in [0.4, 0.5) is 4.39 Å². The molecule has 0 aromatic heterocycles. The molecule has 18 heavy (non-hydrogen) atoms. The minimum absolute atomic E-state index is 0.0580. The highest BCUT2D eigenvalue weighted by atomic mass is 35.5. The van der Waals surface area contributed by atoms with Gasteiger partial charge in [0.05, 0.1) is 18.5 Å². The van der Waals surface area contributed by atoms with Crippen LogP contribution in [0.15, 0.2) is 24.3 Å². The van der Waals surface area contributed by atoms with Gasteiger partial charge in [0.15, 0.2) is 0 Å². The third-order valence-corrected chi connectivity index (χ3v) is 4.08. The molecule has 1 rings (SSSR count). The topological polar surface area (TPSA) is 66.4 Å². The highest BCUT2D eigenvalue weighted by molar-refractivity contribution is 7.89. The molecule has 2 N–H and O–H groups in total. The summed E-state index contributed by atoms with van der Waals surface area (Å²) in [6, 6.07) is 6.63. The molecule has 1 atom stereocenters. The molecule has 1 unspecified atom stereocenters. The van der Waals surface area contributed by atoms with E-state index in [9.17, 15) is 17.9 Å². The molecule has 0 heterocycles. The van der Waals surface area contributed by atoms with Gasteiger partial charge in [-0.15, -0.1) is 0 Å². The van der Waals surface area contributed by atoms with Crippen LogP contribution in [0.1, 0.15) is 18.1 Å². The fraction of sp³-hybridized carbons (Fsp3) is 0.455. The van der Waals surface area contributed by atoms with Gasteiger partial charge in [-0.05, 0) is 12.5 Å². The molecule has 1 aromatic carbocycles. The number of hydrogen-bond donors (Lipinski definition) is 2. The Balaban J connectivity index is 2.56. The molecular weight excluding hydrogens is 281 g/mol. The molecule has 0 aliphatic carbocycles. The Kier molecular flexibility index (Phi) is 6.01. The third kappa shape index (κ3) is 4.89. The molecule has 1 aromatic rings. The summed E-state index contributed by atoms with van der Waals surface area (Å²) >= 11 is 5.87. The van der Waals surface area contributed by atoms with Crippen molar-refractivity contribution >= 4 is 21.6 Å². The Bertz CT molecular complexity index is 481. The quantitative estimate of drug-likeness (QED) is 0.804. The van der Waals surface area contributed by atoms with Gasteiger partial charge >= 0.3 is 0 Å². The van der Waals surface area contributed by atoms with Crippen LogP contribution < -0.4 is 4.72 Å². The van der Waals surface area contributed by atoms with E-state index >= 15 is 0 Å². The number of sulfonamides is 1. The second-order valence-corrected chi connectivity index (χ2v) is 6.08. The van der Waals surface area contributed by atoms with E-state index in [1.54, 1.807) is 24.3 Å². The van der Waals surface area contributed by atoms with E-state index in [1.165, 1.54) is 0 Å². The lowest BCUT2D eigenvalue weighted by molar-refractivity contribution is 0.182. The standard InChI is InChI=1S/C11H15ClFNO3S/c12-10-5-2-1-4-9(10)11(15)8-14-18(16,17)7-3-6-13/h1-2,4-5,11,14-15H,3,6-8H2. The Morgan fingerprint density at radius 1 is 1.39 bits per heavy atom. The van der Waals surface area contributed by atoms with Crippen molar-refractivity contribution in [1.29, 1.82) is 0 Å². The molecule has 0 aliphatic rings. The van der Waals surface area contributed by atoms with Crippen LogP contribution in [0, 0.1) is 0 Å². The van der Waals surface area contributed by atoms with E-state index in [4.69, 9.17) is 11.6 Å². The highest BCUT2D eigenvalue weighted by Gasteiger charge is 2.15. The maximum Gasteiger partial charge on any atom is 0.211 e. The van der Waals surface area contributed by atoms with Crippen molar-refractivity contribution in [2.75, 3.05) is 19.0 Å². The van der Waals surface area contributed by atoms with Crippen LogP contribution in [0.3, 0.4) is 0 Å². The van der Waals surface area contributed by atoms with E-state index in [0.717, 1.165) is 0 Å². The zero-order chi connectivity index (χ0) is 13.6. The average molecular weight is 296 g/mol. The van der Waals surface area contributed by atoms with Crippen LogP contribution in [0.25, 0.3) is 0 Å². The first-order valence-electron chi connectivity index (χ1n) is 5.42. The number of benzene rings is 1. The summed E-state index contributed by atoms with van der Waals surface area (Å²) in [4.78, 5) is 0. The molecule has 0 saturated carbocycles. The van der Waals surface area contributed by atoms with Crippen molar-refractivity contribution in [2.45, 2.75) is 12.5 Å². The number of rotatable bonds is 7. The fourth-order valence-corrected chi connectivity index (χ4v) is 2.68. The second kappa shape index (κ2) is 7.04. The maximum absolute atomic E-state index is 11.9. The van der Waals surface area contributed by atoms with Gasteiger partial charge in [0.25, 0.3) is 0 Å². The molecule has 0 aliphatic heterocycles. The molecule has 0 spiro atoms. The van der Waals surface area contributed by atoms with Gasteiger partial charge in [-0.1, -0.05) is 29.8 Å². The molecule has 0 saturated heterocycles. The predicted octanol–water partition coefficient (Wildman–Crippen LogP) is 1.65. The molecule has 0 radical (unpaired) electrons. The molecule has 0 amide bonds. The second-order valence-electron chi connectivity index (χ2n) is 3.75. The maximum atomic E-state index is 11.9. The number of alkyl halides is 1. The molecule has 7 heteroatoms. The predicted molar refractivity (Wildman–Crippen MR) is 68.8 cm³/mol. The first kappa shape index (κ1) is 15.4. The summed E-state index contributed by atoms with van der Waals surface area (Å²) in [7, 11) is -3.55. The lowest BCUT2D eigenvalue weighted by atomic mass is 10.1.